The normalized spacial score (nSPS) is 21.8. The minimum atomic E-state index is 0.156. The fourth-order valence-corrected chi connectivity index (χ4v) is 3.21. The third-order valence-corrected chi connectivity index (χ3v) is 4.42. The first-order valence-electron chi connectivity index (χ1n) is 5.70. The summed E-state index contributed by atoms with van der Waals surface area (Å²) in [5.41, 5.74) is 0. The van der Waals surface area contributed by atoms with Gasteiger partial charge in [-0.3, -0.25) is 4.79 Å². The zero-order valence-corrected chi connectivity index (χ0v) is 10.7. The first kappa shape index (κ1) is 12.0. The smallest absolute Gasteiger partial charge is 0.146 e. The number of benzene rings is 1. The summed E-state index contributed by atoms with van der Waals surface area (Å²) < 4.78 is 0. The molecule has 1 fully saturated rings. The second-order valence-electron chi connectivity index (χ2n) is 4.13. The molecule has 1 unspecified atom stereocenters. The first-order valence-corrected chi connectivity index (χ1v) is 6.96. The van der Waals surface area contributed by atoms with Gasteiger partial charge in [-0.25, -0.2) is 0 Å². The van der Waals surface area contributed by atoms with Crippen LogP contribution in [0.4, 0.5) is 0 Å². The van der Waals surface area contributed by atoms with E-state index in [4.69, 9.17) is 11.6 Å². The van der Waals surface area contributed by atoms with E-state index in [1.165, 1.54) is 12.8 Å². The van der Waals surface area contributed by atoms with Crippen LogP contribution in [-0.2, 0) is 4.79 Å². The zero-order valence-electron chi connectivity index (χ0n) is 9.12. The van der Waals surface area contributed by atoms with Crippen molar-refractivity contribution >= 4 is 29.1 Å². The minimum absolute atomic E-state index is 0.156. The number of hydrogen-bond donors (Lipinski definition) is 0. The Balaban J connectivity index is 2.02. The van der Waals surface area contributed by atoms with Crippen LogP contribution in [0.15, 0.2) is 29.2 Å². The van der Waals surface area contributed by atoms with Gasteiger partial charge in [-0.15, -0.1) is 11.8 Å². The van der Waals surface area contributed by atoms with E-state index < -0.39 is 0 Å². The van der Waals surface area contributed by atoms with Gasteiger partial charge < -0.3 is 0 Å². The van der Waals surface area contributed by atoms with E-state index in [9.17, 15) is 4.79 Å². The molecule has 1 nitrogen and oxygen atoms in total. The highest BCUT2D eigenvalue weighted by molar-refractivity contribution is 8.00. The van der Waals surface area contributed by atoms with Crippen LogP contribution in [0.3, 0.4) is 0 Å². The molecule has 2 rings (SSSR count). The van der Waals surface area contributed by atoms with Gasteiger partial charge in [-0.1, -0.05) is 24.4 Å². The van der Waals surface area contributed by atoms with Crippen LogP contribution in [0, 0.1) is 0 Å². The maximum atomic E-state index is 11.8. The predicted octanol–water partition coefficient (Wildman–Crippen LogP) is 4.33. The van der Waals surface area contributed by atoms with Crippen molar-refractivity contribution < 1.29 is 4.79 Å². The summed E-state index contributed by atoms with van der Waals surface area (Å²) >= 11 is 7.52. The largest absolute Gasteiger partial charge is 0.298 e. The van der Waals surface area contributed by atoms with Gasteiger partial charge in [0.25, 0.3) is 0 Å². The quantitative estimate of drug-likeness (QED) is 0.731. The standard InChI is InChI=1S/C13H15ClOS/c14-10-6-8-11(9-7-10)16-13-5-3-1-2-4-12(13)15/h6-9,13H,1-5H2. The molecule has 1 aliphatic carbocycles. The number of hydrogen-bond acceptors (Lipinski definition) is 2. The van der Waals surface area contributed by atoms with Crippen molar-refractivity contribution in [3.05, 3.63) is 29.3 Å². The molecule has 0 spiro atoms. The molecular formula is C13H15ClOS. The molecule has 0 heterocycles. The van der Waals surface area contributed by atoms with Crippen molar-refractivity contribution in [3.8, 4) is 0 Å². The van der Waals surface area contributed by atoms with E-state index in [1.54, 1.807) is 11.8 Å². The van der Waals surface area contributed by atoms with Crippen molar-refractivity contribution in [1.29, 1.82) is 0 Å². The van der Waals surface area contributed by atoms with Crippen LogP contribution in [0.2, 0.25) is 5.02 Å². The Bertz CT molecular complexity index is 361. The Hall–Kier alpha value is -0.470. The predicted molar refractivity (Wildman–Crippen MR) is 69.2 cm³/mol. The number of ketones is 1. The highest BCUT2D eigenvalue weighted by Gasteiger charge is 2.21. The lowest BCUT2D eigenvalue weighted by Gasteiger charge is -2.12. The van der Waals surface area contributed by atoms with E-state index in [-0.39, 0.29) is 5.25 Å². The molecule has 0 aromatic heterocycles. The second kappa shape index (κ2) is 5.74. The van der Waals surface area contributed by atoms with Gasteiger partial charge in [0.05, 0.1) is 5.25 Å². The molecule has 86 valence electrons. The van der Waals surface area contributed by atoms with Crippen LogP contribution in [0.5, 0.6) is 0 Å². The number of halogens is 1. The topological polar surface area (TPSA) is 17.1 Å². The van der Waals surface area contributed by atoms with E-state index in [1.807, 2.05) is 24.3 Å². The average Bonchev–Trinajstić information content (AvgIpc) is 2.48. The van der Waals surface area contributed by atoms with Crippen LogP contribution >= 0.6 is 23.4 Å². The summed E-state index contributed by atoms with van der Waals surface area (Å²) in [5.74, 6) is 0.414. The Morgan fingerprint density at radius 2 is 1.88 bits per heavy atom. The van der Waals surface area contributed by atoms with Gasteiger partial charge in [-0.05, 0) is 37.1 Å². The molecule has 1 aromatic rings. The van der Waals surface area contributed by atoms with Crippen molar-refractivity contribution in [2.75, 3.05) is 0 Å². The van der Waals surface area contributed by atoms with Crippen molar-refractivity contribution in [1.82, 2.24) is 0 Å². The summed E-state index contributed by atoms with van der Waals surface area (Å²) in [6.45, 7) is 0. The minimum Gasteiger partial charge on any atom is -0.298 e. The fourth-order valence-electron chi connectivity index (χ4n) is 1.93. The average molecular weight is 255 g/mol. The summed E-state index contributed by atoms with van der Waals surface area (Å²) in [6.07, 6.45) is 5.22. The summed E-state index contributed by atoms with van der Waals surface area (Å²) in [5, 5.41) is 0.903. The number of carbonyl (C=O) groups excluding carboxylic acids is 1. The lowest BCUT2D eigenvalue weighted by Crippen LogP contribution is -2.14. The maximum absolute atomic E-state index is 11.8. The molecule has 1 atom stereocenters. The van der Waals surface area contributed by atoms with Crippen LogP contribution in [-0.4, -0.2) is 11.0 Å². The first-order chi connectivity index (χ1) is 7.75. The second-order valence-corrected chi connectivity index (χ2v) is 5.84. The summed E-state index contributed by atoms with van der Waals surface area (Å²) in [7, 11) is 0. The molecule has 3 heteroatoms. The Kier molecular flexibility index (Phi) is 4.30. The third-order valence-electron chi connectivity index (χ3n) is 2.84. The van der Waals surface area contributed by atoms with E-state index in [2.05, 4.69) is 0 Å². The molecule has 16 heavy (non-hydrogen) atoms. The molecule has 0 amide bonds. The van der Waals surface area contributed by atoms with E-state index in [0.717, 1.165) is 29.2 Å². The van der Waals surface area contributed by atoms with Crippen LogP contribution in [0.1, 0.15) is 32.1 Å². The Morgan fingerprint density at radius 3 is 2.62 bits per heavy atom. The Morgan fingerprint density at radius 1 is 1.12 bits per heavy atom. The maximum Gasteiger partial charge on any atom is 0.146 e. The van der Waals surface area contributed by atoms with Crippen molar-refractivity contribution in [2.24, 2.45) is 0 Å². The highest BCUT2D eigenvalue weighted by atomic mass is 35.5. The van der Waals surface area contributed by atoms with Crippen LogP contribution < -0.4 is 0 Å². The van der Waals surface area contributed by atoms with Gasteiger partial charge >= 0.3 is 0 Å². The van der Waals surface area contributed by atoms with Gasteiger partial charge in [-0.2, -0.15) is 0 Å². The molecule has 1 aromatic carbocycles. The molecule has 0 aliphatic heterocycles. The molecule has 0 N–H and O–H groups in total. The lowest BCUT2D eigenvalue weighted by molar-refractivity contribution is -0.118. The lowest BCUT2D eigenvalue weighted by atomic mass is 10.2. The van der Waals surface area contributed by atoms with Crippen molar-refractivity contribution in [2.45, 2.75) is 42.2 Å². The zero-order chi connectivity index (χ0) is 11.4. The molecule has 1 saturated carbocycles. The number of rotatable bonds is 2. The number of carbonyl (C=O) groups is 1. The van der Waals surface area contributed by atoms with Gasteiger partial charge in [0.15, 0.2) is 0 Å². The molecule has 0 radical (unpaired) electrons. The molecule has 0 bridgehead atoms. The highest BCUT2D eigenvalue weighted by Crippen LogP contribution is 2.31. The SMILES string of the molecule is O=C1CCCCCC1Sc1ccc(Cl)cc1. The molecule has 0 saturated heterocycles. The monoisotopic (exact) mass is 254 g/mol. The fraction of sp³-hybridized carbons (Fsp3) is 0.462. The van der Waals surface area contributed by atoms with Gasteiger partial charge in [0, 0.05) is 16.3 Å². The van der Waals surface area contributed by atoms with Gasteiger partial charge in [0.1, 0.15) is 5.78 Å². The third kappa shape index (κ3) is 3.26. The van der Waals surface area contributed by atoms with Crippen LogP contribution in [0.25, 0.3) is 0 Å². The Labute approximate surface area is 106 Å². The number of Topliss-reactive ketones (excluding diaryl/α,β-unsaturated/α-hetero) is 1. The molecule has 1 aliphatic rings. The van der Waals surface area contributed by atoms with Gasteiger partial charge in [0.2, 0.25) is 0 Å². The van der Waals surface area contributed by atoms with E-state index in [0.29, 0.717) is 5.78 Å². The molecular weight excluding hydrogens is 240 g/mol. The van der Waals surface area contributed by atoms with E-state index >= 15 is 0 Å². The summed E-state index contributed by atoms with van der Waals surface area (Å²) in [6, 6.07) is 7.74. The van der Waals surface area contributed by atoms with Crippen molar-refractivity contribution in [3.63, 3.8) is 0 Å². The number of thioether (sulfide) groups is 1. The summed E-state index contributed by atoms with van der Waals surface area (Å²) in [4.78, 5) is 13.0.